The summed E-state index contributed by atoms with van der Waals surface area (Å²) in [7, 11) is 3.56. The van der Waals surface area contributed by atoms with Crippen LogP contribution in [0, 0.1) is 5.92 Å². The van der Waals surface area contributed by atoms with Crippen molar-refractivity contribution in [3.63, 3.8) is 0 Å². The number of nitrogens with zero attached hydrogens (tertiary/aromatic N) is 1. The topological polar surface area (TPSA) is 37.4 Å². The first-order valence-corrected chi connectivity index (χ1v) is 5.19. The van der Waals surface area contributed by atoms with E-state index in [1.807, 2.05) is 13.2 Å². The van der Waals surface area contributed by atoms with Crippen molar-refractivity contribution < 1.29 is 9.59 Å². The maximum absolute atomic E-state index is 11.6. The van der Waals surface area contributed by atoms with Gasteiger partial charge in [0.05, 0.1) is 0 Å². The van der Waals surface area contributed by atoms with Crippen molar-refractivity contribution in [2.24, 2.45) is 5.92 Å². The predicted molar refractivity (Wildman–Crippen MR) is 56.6 cm³/mol. The Kier molecular flexibility index (Phi) is 7.07. The van der Waals surface area contributed by atoms with E-state index in [2.05, 4.69) is 0 Å². The molecule has 0 heterocycles. The van der Waals surface area contributed by atoms with E-state index in [0.29, 0.717) is 6.42 Å². The van der Waals surface area contributed by atoms with Gasteiger partial charge in [-0.25, -0.2) is 0 Å². The summed E-state index contributed by atoms with van der Waals surface area (Å²) < 4.78 is 0. The lowest BCUT2D eigenvalue weighted by Crippen LogP contribution is -2.29. The third kappa shape index (κ3) is 5.00. The summed E-state index contributed by atoms with van der Waals surface area (Å²) in [5.41, 5.74) is 0. The van der Waals surface area contributed by atoms with Crippen molar-refractivity contribution in [1.29, 1.82) is 0 Å². The standard InChI is InChI=1S/C11H20NO2/c1-4-10(11(14)12(2)3)8-6-5-7-9-13/h10H,4-8H2,1-3H3. The van der Waals surface area contributed by atoms with Gasteiger partial charge in [0.25, 0.3) is 0 Å². The zero-order valence-corrected chi connectivity index (χ0v) is 9.38. The van der Waals surface area contributed by atoms with Gasteiger partial charge in [0.2, 0.25) is 5.91 Å². The molecule has 0 aliphatic heterocycles. The summed E-state index contributed by atoms with van der Waals surface area (Å²) in [5.74, 6) is 0.319. The smallest absolute Gasteiger partial charge is 0.225 e. The minimum absolute atomic E-state index is 0.122. The van der Waals surface area contributed by atoms with Gasteiger partial charge in [0.1, 0.15) is 0 Å². The Labute approximate surface area is 86.5 Å². The first-order chi connectivity index (χ1) is 6.63. The summed E-state index contributed by atoms with van der Waals surface area (Å²) in [4.78, 5) is 23.2. The molecule has 0 bridgehead atoms. The van der Waals surface area contributed by atoms with Crippen molar-refractivity contribution in [1.82, 2.24) is 4.90 Å². The Balaban J connectivity index is 3.79. The zero-order valence-electron chi connectivity index (χ0n) is 9.38. The first-order valence-electron chi connectivity index (χ1n) is 5.19. The van der Waals surface area contributed by atoms with Gasteiger partial charge >= 0.3 is 0 Å². The average molecular weight is 198 g/mol. The highest BCUT2D eigenvalue weighted by Crippen LogP contribution is 2.15. The van der Waals surface area contributed by atoms with Gasteiger partial charge in [-0.05, 0) is 19.3 Å². The number of hydrogen-bond acceptors (Lipinski definition) is 2. The van der Waals surface area contributed by atoms with E-state index in [0.717, 1.165) is 25.7 Å². The molecule has 14 heavy (non-hydrogen) atoms. The van der Waals surface area contributed by atoms with E-state index in [9.17, 15) is 9.59 Å². The SMILES string of the molecule is CCC(CCCC[C]=O)C(=O)N(C)C. The van der Waals surface area contributed by atoms with Crippen molar-refractivity contribution in [3.05, 3.63) is 0 Å². The van der Waals surface area contributed by atoms with Crippen molar-refractivity contribution >= 4 is 12.2 Å². The summed E-state index contributed by atoms with van der Waals surface area (Å²) >= 11 is 0. The maximum atomic E-state index is 11.6. The van der Waals surface area contributed by atoms with Gasteiger partial charge in [0.15, 0.2) is 6.29 Å². The van der Waals surface area contributed by atoms with Gasteiger partial charge in [-0.2, -0.15) is 0 Å². The van der Waals surface area contributed by atoms with E-state index < -0.39 is 0 Å². The zero-order chi connectivity index (χ0) is 11.0. The number of carbonyl (C=O) groups is 1. The molecule has 0 spiro atoms. The van der Waals surface area contributed by atoms with Gasteiger partial charge in [0, 0.05) is 26.4 Å². The number of carbonyl (C=O) groups excluding carboxylic acids is 2. The Morgan fingerprint density at radius 2 is 2.00 bits per heavy atom. The van der Waals surface area contributed by atoms with Crippen molar-refractivity contribution in [3.8, 4) is 0 Å². The summed E-state index contributed by atoms with van der Waals surface area (Å²) in [6.45, 7) is 2.03. The minimum atomic E-state index is 0.122. The fraction of sp³-hybridized carbons (Fsp3) is 0.818. The molecule has 0 saturated heterocycles. The quantitative estimate of drug-likeness (QED) is 0.585. The van der Waals surface area contributed by atoms with Gasteiger partial charge < -0.3 is 4.90 Å². The molecule has 0 N–H and O–H groups in total. The van der Waals surface area contributed by atoms with Crippen molar-refractivity contribution in [2.75, 3.05) is 14.1 Å². The molecule has 0 aromatic heterocycles. The van der Waals surface area contributed by atoms with Gasteiger partial charge in [-0.3, -0.25) is 9.59 Å². The lowest BCUT2D eigenvalue weighted by atomic mass is 9.97. The highest BCUT2D eigenvalue weighted by atomic mass is 16.2. The van der Waals surface area contributed by atoms with E-state index in [-0.39, 0.29) is 11.8 Å². The van der Waals surface area contributed by atoms with Crippen LogP contribution in [0.4, 0.5) is 0 Å². The van der Waals surface area contributed by atoms with Crippen LogP contribution < -0.4 is 0 Å². The summed E-state index contributed by atoms with van der Waals surface area (Å²) in [5, 5.41) is 0. The summed E-state index contributed by atoms with van der Waals surface area (Å²) in [6, 6.07) is 0. The molecule has 1 amide bonds. The Hall–Kier alpha value is -0.860. The lowest BCUT2D eigenvalue weighted by molar-refractivity contribution is -0.133. The van der Waals surface area contributed by atoms with E-state index in [1.165, 1.54) is 0 Å². The minimum Gasteiger partial charge on any atom is -0.349 e. The Morgan fingerprint density at radius 3 is 2.43 bits per heavy atom. The van der Waals surface area contributed by atoms with Crippen LogP contribution in [0.1, 0.15) is 39.0 Å². The molecular formula is C11H20NO2. The van der Waals surface area contributed by atoms with Crippen LogP contribution in [-0.2, 0) is 9.59 Å². The first kappa shape index (κ1) is 13.1. The van der Waals surface area contributed by atoms with Gasteiger partial charge in [-0.15, -0.1) is 0 Å². The molecule has 0 fully saturated rings. The van der Waals surface area contributed by atoms with Crippen molar-refractivity contribution in [2.45, 2.75) is 39.0 Å². The molecule has 0 rings (SSSR count). The van der Waals surface area contributed by atoms with E-state index in [4.69, 9.17) is 0 Å². The van der Waals surface area contributed by atoms with E-state index in [1.54, 1.807) is 19.0 Å². The molecule has 0 aliphatic carbocycles. The number of amides is 1. The van der Waals surface area contributed by atoms with Gasteiger partial charge in [-0.1, -0.05) is 13.3 Å². The normalized spacial score (nSPS) is 12.2. The molecule has 0 aliphatic rings. The monoisotopic (exact) mass is 198 g/mol. The Morgan fingerprint density at radius 1 is 1.36 bits per heavy atom. The molecule has 0 aromatic carbocycles. The number of rotatable bonds is 7. The third-order valence-electron chi connectivity index (χ3n) is 2.36. The second-order valence-electron chi connectivity index (χ2n) is 3.73. The van der Waals surface area contributed by atoms with Crippen LogP contribution in [0.5, 0.6) is 0 Å². The second-order valence-corrected chi connectivity index (χ2v) is 3.73. The fourth-order valence-electron chi connectivity index (χ4n) is 1.46. The number of unbranched alkanes of at least 4 members (excludes halogenated alkanes) is 2. The highest BCUT2D eigenvalue weighted by molar-refractivity contribution is 5.78. The van der Waals surface area contributed by atoms with Crippen LogP contribution in [0.25, 0.3) is 0 Å². The van der Waals surface area contributed by atoms with Crippen LogP contribution in [-0.4, -0.2) is 31.2 Å². The van der Waals surface area contributed by atoms with Crippen LogP contribution >= 0.6 is 0 Å². The second kappa shape index (κ2) is 7.54. The molecule has 0 saturated carbocycles. The Bertz CT molecular complexity index is 178. The van der Waals surface area contributed by atoms with E-state index >= 15 is 0 Å². The lowest BCUT2D eigenvalue weighted by Gasteiger charge is -2.18. The molecular weight excluding hydrogens is 178 g/mol. The van der Waals surface area contributed by atoms with Crippen LogP contribution in [0.2, 0.25) is 0 Å². The van der Waals surface area contributed by atoms with Crippen LogP contribution in [0.15, 0.2) is 0 Å². The molecule has 1 atom stereocenters. The maximum Gasteiger partial charge on any atom is 0.225 e. The highest BCUT2D eigenvalue weighted by Gasteiger charge is 2.17. The molecule has 1 unspecified atom stereocenters. The molecule has 0 aromatic rings. The molecule has 3 nitrogen and oxygen atoms in total. The van der Waals surface area contributed by atoms with Crippen LogP contribution in [0.3, 0.4) is 0 Å². The fourth-order valence-corrected chi connectivity index (χ4v) is 1.46. The average Bonchev–Trinajstić information content (AvgIpc) is 2.17. The number of hydrogen-bond donors (Lipinski definition) is 0. The molecule has 3 heteroatoms. The third-order valence-corrected chi connectivity index (χ3v) is 2.36. The predicted octanol–water partition coefficient (Wildman–Crippen LogP) is 1.77. The molecule has 1 radical (unpaired) electrons. The molecule has 81 valence electrons. The summed E-state index contributed by atoms with van der Waals surface area (Å²) in [6.07, 6.45) is 5.91. The largest absolute Gasteiger partial charge is 0.349 e.